The average Bonchev–Trinajstić information content (AvgIpc) is 2.71. The molecule has 3 amide bonds. The monoisotopic (exact) mass is 463 g/mol. The molecule has 0 spiro atoms. The molecular formula is C16H28Cl3N3O6. The topological polar surface area (TPSA) is 115 Å². The molecule has 0 rings (SSSR count). The molecule has 0 aromatic rings. The van der Waals surface area contributed by atoms with Gasteiger partial charge in [0.2, 0.25) is 17.7 Å². The van der Waals surface area contributed by atoms with Gasteiger partial charge in [0.15, 0.2) is 0 Å². The molecule has 0 saturated carbocycles. The second-order valence-corrected chi connectivity index (χ2v) is 6.22. The number of carbonyl (C=O) groups excluding carboxylic acids is 3. The summed E-state index contributed by atoms with van der Waals surface area (Å²) in [5, 5.41) is 7.79. The van der Waals surface area contributed by atoms with Crippen LogP contribution < -0.4 is 16.0 Å². The zero-order valence-electron chi connectivity index (χ0n) is 15.6. The third-order valence-electron chi connectivity index (χ3n) is 3.17. The van der Waals surface area contributed by atoms with Crippen molar-refractivity contribution in [1.29, 1.82) is 0 Å². The maximum atomic E-state index is 11.1. The Balaban J connectivity index is 4.01. The second-order valence-electron chi connectivity index (χ2n) is 5.42. The Morgan fingerprint density at radius 2 is 1.14 bits per heavy atom. The lowest BCUT2D eigenvalue weighted by Crippen LogP contribution is -2.32. The Morgan fingerprint density at radius 3 is 1.64 bits per heavy atom. The highest BCUT2D eigenvalue weighted by Crippen LogP contribution is 2.01. The lowest BCUT2D eigenvalue weighted by molar-refractivity contribution is -0.120. The predicted octanol–water partition coefficient (Wildman–Crippen LogP) is -0.140. The molecule has 0 aromatic heterocycles. The van der Waals surface area contributed by atoms with E-state index in [1.807, 2.05) is 0 Å². The molecule has 0 aromatic carbocycles. The number of hydrogen-bond donors (Lipinski definition) is 3. The fourth-order valence-electron chi connectivity index (χ4n) is 1.83. The summed E-state index contributed by atoms with van der Waals surface area (Å²) in [6.45, 7) is 2.72. The molecular weight excluding hydrogens is 437 g/mol. The van der Waals surface area contributed by atoms with Gasteiger partial charge in [0, 0.05) is 26.2 Å². The summed E-state index contributed by atoms with van der Waals surface area (Å²) in [5.41, 5.74) is 0. The van der Waals surface area contributed by atoms with E-state index in [0.717, 1.165) is 0 Å². The van der Waals surface area contributed by atoms with Crippen molar-refractivity contribution in [3.8, 4) is 0 Å². The van der Waals surface area contributed by atoms with Crippen LogP contribution in [0.3, 0.4) is 0 Å². The molecule has 0 aliphatic rings. The summed E-state index contributed by atoms with van der Waals surface area (Å²) in [6.07, 6.45) is 0.301. The molecule has 3 N–H and O–H groups in total. The number of carbonyl (C=O) groups is 3. The first-order valence-corrected chi connectivity index (χ1v) is 10.4. The summed E-state index contributed by atoms with van der Waals surface area (Å²) in [7, 11) is 0. The Hall–Kier alpha value is -0.840. The second kappa shape index (κ2) is 19.5. The van der Waals surface area contributed by atoms with Gasteiger partial charge in [-0.25, -0.2) is 0 Å². The van der Waals surface area contributed by atoms with Crippen molar-refractivity contribution in [2.75, 3.05) is 70.3 Å². The van der Waals surface area contributed by atoms with Crippen LogP contribution in [-0.2, 0) is 28.6 Å². The van der Waals surface area contributed by atoms with Crippen molar-refractivity contribution in [2.45, 2.75) is 12.5 Å². The van der Waals surface area contributed by atoms with E-state index < -0.39 is 0 Å². The zero-order valence-corrected chi connectivity index (χ0v) is 17.9. The smallest absolute Gasteiger partial charge is 0.235 e. The number of nitrogens with one attached hydrogen (secondary N) is 3. The maximum Gasteiger partial charge on any atom is 0.235 e. The quantitative estimate of drug-likeness (QED) is 0.192. The highest BCUT2D eigenvalue weighted by Gasteiger charge is 2.10. The molecule has 1 unspecified atom stereocenters. The summed E-state index contributed by atoms with van der Waals surface area (Å²) in [5.74, 6) is -1.06. The molecule has 12 heteroatoms. The first-order chi connectivity index (χ1) is 13.5. The molecule has 0 heterocycles. The van der Waals surface area contributed by atoms with Crippen LogP contribution in [0.5, 0.6) is 0 Å². The van der Waals surface area contributed by atoms with Crippen LogP contribution >= 0.6 is 34.8 Å². The molecule has 0 aliphatic heterocycles. The third kappa shape index (κ3) is 17.3. The first-order valence-electron chi connectivity index (χ1n) is 8.78. The summed E-state index contributed by atoms with van der Waals surface area (Å²) in [6, 6.07) is 0. The van der Waals surface area contributed by atoms with Crippen molar-refractivity contribution in [3.63, 3.8) is 0 Å². The predicted molar refractivity (Wildman–Crippen MR) is 107 cm³/mol. The van der Waals surface area contributed by atoms with E-state index in [-0.39, 0.29) is 41.5 Å². The molecule has 1 atom stereocenters. The van der Waals surface area contributed by atoms with Crippen LogP contribution in [0.1, 0.15) is 6.42 Å². The van der Waals surface area contributed by atoms with Gasteiger partial charge in [-0.15, -0.1) is 34.8 Å². The Bertz CT molecular complexity index is 446. The zero-order chi connectivity index (χ0) is 21.0. The van der Waals surface area contributed by atoms with Gasteiger partial charge in [0.05, 0.1) is 32.5 Å². The Labute approximate surface area is 180 Å². The number of halogens is 3. The summed E-state index contributed by atoms with van der Waals surface area (Å²) >= 11 is 16.2. The molecule has 164 valence electrons. The Kier molecular flexibility index (Phi) is 18.9. The first kappa shape index (κ1) is 27.2. The van der Waals surface area contributed by atoms with E-state index in [0.29, 0.717) is 59.1 Å². The fourth-order valence-corrected chi connectivity index (χ4v) is 2.11. The van der Waals surface area contributed by atoms with Gasteiger partial charge in [-0.3, -0.25) is 14.4 Å². The number of rotatable bonds is 18. The molecule has 0 saturated heterocycles. The number of alkyl halides is 3. The summed E-state index contributed by atoms with van der Waals surface area (Å²) < 4.78 is 16.6. The van der Waals surface area contributed by atoms with Gasteiger partial charge in [0.25, 0.3) is 0 Å². The molecule has 28 heavy (non-hydrogen) atoms. The van der Waals surface area contributed by atoms with Gasteiger partial charge in [0.1, 0.15) is 17.6 Å². The largest absolute Gasteiger partial charge is 0.380 e. The van der Waals surface area contributed by atoms with Crippen LogP contribution in [0, 0.1) is 0 Å². The van der Waals surface area contributed by atoms with Crippen LogP contribution in [0.25, 0.3) is 0 Å². The third-order valence-corrected chi connectivity index (χ3v) is 3.90. The van der Waals surface area contributed by atoms with Crippen LogP contribution in [0.2, 0.25) is 0 Å². The normalized spacial score (nSPS) is 11.7. The molecule has 0 fully saturated rings. The van der Waals surface area contributed by atoms with Crippen LogP contribution in [0.4, 0.5) is 0 Å². The van der Waals surface area contributed by atoms with Crippen molar-refractivity contribution < 1.29 is 28.6 Å². The number of hydrogen-bond acceptors (Lipinski definition) is 6. The fraction of sp³-hybridized carbons (Fsp3) is 0.812. The SMILES string of the molecule is O=C(CCl)NCCOCCC(COCCNC(=O)CCl)OCCNC(=O)CCl. The van der Waals surface area contributed by atoms with Crippen molar-refractivity contribution in [2.24, 2.45) is 0 Å². The molecule has 9 nitrogen and oxygen atoms in total. The van der Waals surface area contributed by atoms with E-state index in [4.69, 9.17) is 49.0 Å². The lowest BCUT2D eigenvalue weighted by atomic mass is 10.3. The lowest BCUT2D eigenvalue weighted by Gasteiger charge is -2.18. The minimum Gasteiger partial charge on any atom is -0.380 e. The Morgan fingerprint density at radius 1 is 0.679 bits per heavy atom. The van der Waals surface area contributed by atoms with Crippen molar-refractivity contribution in [3.05, 3.63) is 0 Å². The van der Waals surface area contributed by atoms with Gasteiger partial charge in [-0.1, -0.05) is 0 Å². The van der Waals surface area contributed by atoms with Crippen molar-refractivity contribution in [1.82, 2.24) is 16.0 Å². The van der Waals surface area contributed by atoms with Crippen LogP contribution in [0.15, 0.2) is 0 Å². The van der Waals surface area contributed by atoms with E-state index in [9.17, 15) is 14.4 Å². The maximum absolute atomic E-state index is 11.1. The van der Waals surface area contributed by atoms with Gasteiger partial charge >= 0.3 is 0 Å². The highest BCUT2D eigenvalue weighted by atomic mass is 35.5. The number of amides is 3. The van der Waals surface area contributed by atoms with E-state index in [1.165, 1.54) is 0 Å². The standard InChI is InChI=1S/C16H28Cl3N3O6/c17-9-14(23)20-2-6-26-5-1-13(28-8-4-22-16(25)11-19)12-27-7-3-21-15(24)10-18/h13H,1-12H2,(H,20,23)(H,21,24)(H,22,25). The van der Waals surface area contributed by atoms with Crippen molar-refractivity contribution >= 4 is 52.5 Å². The van der Waals surface area contributed by atoms with E-state index in [1.54, 1.807) is 0 Å². The van der Waals surface area contributed by atoms with Gasteiger partial charge in [-0.2, -0.15) is 0 Å². The van der Waals surface area contributed by atoms with E-state index in [2.05, 4.69) is 16.0 Å². The van der Waals surface area contributed by atoms with Crippen LogP contribution in [-0.4, -0.2) is 94.1 Å². The van der Waals surface area contributed by atoms with Gasteiger partial charge < -0.3 is 30.2 Å². The molecule has 0 radical (unpaired) electrons. The van der Waals surface area contributed by atoms with Gasteiger partial charge in [-0.05, 0) is 6.42 Å². The van der Waals surface area contributed by atoms with E-state index >= 15 is 0 Å². The average molecular weight is 465 g/mol. The molecule has 0 aliphatic carbocycles. The molecule has 0 bridgehead atoms. The minimum atomic E-state index is -0.268. The highest BCUT2D eigenvalue weighted by molar-refractivity contribution is 6.27. The minimum absolute atomic E-state index is 0.0845. The summed E-state index contributed by atoms with van der Waals surface area (Å²) in [4.78, 5) is 33.1. The number of ether oxygens (including phenoxy) is 3.